The fraction of sp³-hybridized carbons (Fsp3) is 0.333. The SMILES string of the molecule is CN=C(NCCCNC(=O)c1ccccc1)NCc1cc(Cl)c(Cl)n1C.I. The molecule has 2 aromatic rings. The van der Waals surface area contributed by atoms with Gasteiger partial charge >= 0.3 is 0 Å². The maximum atomic E-state index is 11.9. The van der Waals surface area contributed by atoms with Crippen LogP contribution in [0.4, 0.5) is 0 Å². The molecule has 0 saturated heterocycles. The number of carbonyl (C=O) groups is 1. The van der Waals surface area contributed by atoms with Gasteiger partial charge in [0.2, 0.25) is 0 Å². The first-order valence-electron chi connectivity index (χ1n) is 8.30. The Hall–Kier alpha value is -1.45. The van der Waals surface area contributed by atoms with Gasteiger partial charge in [-0.2, -0.15) is 0 Å². The zero-order chi connectivity index (χ0) is 18.9. The Morgan fingerprint density at radius 2 is 1.78 bits per heavy atom. The lowest BCUT2D eigenvalue weighted by molar-refractivity contribution is 0.0953. The van der Waals surface area contributed by atoms with E-state index in [2.05, 4.69) is 20.9 Å². The molecule has 2 rings (SSSR count). The number of nitrogens with zero attached hydrogens (tertiary/aromatic N) is 2. The molecule has 27 heavy (non-hydrogen) atoms. The summed E-state index contributed by atoms with van der Waals surface area (Å²) in [6.45, 7) is 1.82. The summed E-state index contributed by atoms with van der Waals surface area (Å²) in [6, 6.07) is 11.0. The van der Waals surface area contributed by atoms with Gasteiger partial charge in [0.15, 0.2) is 5.96 Å². The quantitative estimate of drug-likeness (QED) is 0.225. The van der Waals surface area contributed by atoms with Gasteiger partial charge in [0, 0.05) is 38.4 Å². The average Bonchev–Trinajstić information content (AvgIpc) is 2.91. The van der Waals surface area contributed by atoms with E-state index >= 15 is 0 Å². The molecule has 0 radical (unpaired) electrons. The average molecular weight is 524 g/mol. The summed E-state index contributed by atoms with van der Waals surface area (Å²) in [4.78, 5) is 16.1. The Balaban J connectivity index is 0.00000364. The first-order chi connectivity index (χ1) is 12.5. The number of hydrogen-bond acceptors (Lipinski definition) is 2. The van der Waals surface area contributed by atoms with Gasteiger partial charge in [-0.25, -0.2) is 0 Å². The molecular formula is C18H24Cl2IN5O. The summed E-state index contributed by atoms with van der Waals surface area (Å²) in [7, 11) is 3.56. The van der Waals surface area contributed by atoms with Crippen LogP contribution in [0.3, 0.4) is 0 Å². The number of aromatic nitrogens is 1. The lowest BCUT2D eigenvalue weighted by Gasteiger charge is -2.12. The molecular weight excluding hydrogens is 500 g/mol. The van der Waals surface area contributed by atoms with Crippen LogP contribution >= 0.6 is 47.2 Å². The van der Waals surface area contributed by atoms with Crippen molar-refractivity contribution in [2.75, 3.05) is 20.1 Å². The Bertz CT molecular complexity index is 765. The molecule has 3 N–H and O–H groups in total. The van der Waals surface area contributed by atoms with Crippen molar-refractivity contribution in [2.45, 2.75) is 13.0 Å². The Labute approximate surface area is 186 Å². The van der Waals surface area contributed by atoms with Crippen LogP contribution in [0.15, 0.2) is 41.4 Å². The largest absolute Gasteiger partial charge is 0.356 e. The van der Waals surface area contributed by atoms with E-state index in [1.807, 2.05) is 35.9 Å². The molecule has 1 aromatic heterocycles. The molecule has 1 aromatic carbocycles. The molecule has 0 saturated carbocycles. The number of rotatable bonds is 7. The van der Waals surface area contributed by atoms with Gasteiger partial charge in [-0.3, -0.25) is 9.79 Å². The molecule has 148 valence electrons. The van der Waals surface area contributed by atoms with Gasteiger partial charge in [0.05, 0.1) is 11.6 Å². The van der Waals surface area contributed by atoms with Crippen LogP contribution in [-0.4, -0.2) is 36.6 Å². The van der Waals surface area contributed by atoms with Gasteiger partial charge in [-0.1, -0.05) is 41.4 Å². The molecule has 0 unspecified atom stereocenters. The van der Waals surface area contributed by atoms with Crippen LogP contribution < -0.4 is 16.0 Å². The first kappa shape index (κ1) is 23.6. The first-order valence-corrected chi connectivity index (χ1v) is 9.06. The van der Waals surface area contributed by atoms with E-state index in [1.54, 1.807) is 19.2 Å². The molecule has 0 aliphatic carbocycles. The van der Waals surface area contributed by atoms with Gasteiger partial charge in [-0.15, -0.1) is 24.0 Å². The van der Waals surface area contributed by atoms with Gasteiger partial charge in [0.1, 0.15) is 5.15 Å². The van der Waals surface area contributed by atoms with E-state index in [-0.39, 0.29) is 29.9 Å². The predicted octanol–water partition coefficient (Wildman–Crippen LogP) is 3.44. The summed E-state index contributed by atoms with van der Waals surface area (Å²) in [5, 5.41) is 10.4. The highest BCUT2D eigenvalue weighted by Gasteiger charge is 2.09. The van der Waals surface area contributed by atoms with Gasteiger partial charge < -0.3 is 20.5 Å². The van der Waals surface area contributed by atoms with Crippen LogP contribution in [0.5, 0.6) is 0 Å². The standard InChI is InChI=1S/C18H23Cl2N5O.HI/c1-21-18(24-12-14-11-15(19)16(20)25(14)2)23-10-6-9-22-17(26)13-7-4-3-5-8-13;/h3-5,7-8,11H,6,9-10,12H2,1-2H3,(H,22,26)(H2,21,23,24);1H. The highest BCUT2D eigenvalue weighted by atomic mass is 127. The summed E-state index contributed by atoms with van der Waals surface area (Å²) >= 11 is 12.1. The maximum absolute atomic E-state index is 11.9. The van der Waals surface area contributed by atoms with E-state index in [0.717, 1.165) is 12.1 Å². The lowest BCUT2D eigenvalue weighted by atomic mass is 10.2. The zero-order valence-corrected chi connectivity index (χ0v) is 19.1. The number of hydrogen-bond donors (Lipinski definition) is 3. The normalized spacial score (nSPS) is 10.9. The number of carbonyl (C=O) groups excluding carboxylic acids is 1. The van der Waals surface area contributed by atoms with E-state index in [4.69, 9.17) is 23.2 Å². The summed E-state index contributed by atoms with van der Waals surface area (Å²) < 4.78 is 1.82. The molecule has 0 bridgehead atoms. The van der Waals surface area contributed by atoms with Crippen molar-refractivity contribution < 1.29 is 4.79 Å². The molecule has 6 nitrogen and oxygen atoms in total. The Morgan fingerprint density at radius 1 is 1.11 bits per heavy atom. The van der Waals surface area contributed by atoms with Crippen molar-refractivity contribution in [1.82, 2.24) is 20.5 Å². The smallest absolute Gasteiger partial charge is 0.251 e. The Morgan fingerprint density at radius 3 is 2.37 bits per heavy atom. The minimum Gasteiger partial charge on any atom is -0.356 e. The zero-order valence-electron chi connectivity index (χ0n) is 15.3. The second-order valence-corrected chi connectivity index (χ2v) is 6.43. The van der Waals surface area contributed by atoms with Crippen LogP contribution in [0.25, 0.3) is 0 Å². The molecule has 9 heteroatoms. The predicted molar refractivity (Wildman–Crippen MR) is 122 cm³/mol. The number of benzene rings is 1. The molecule has 1 heterocycles. The van der Waals surface area contributed by atoms with Gasteiger partial charge in [-0.05, 0) is 24.6 Å². The second-order valence-electron chi connectivity index (χ2n) is 5.66. The van der Waals surface area contributed by atoms with Crippen molar-refractivity contribution in [3.8, 4) is 0 Å². The highest BCUT2D eigenvalue weighted by Crippen LogP contribution is 2.24. The van der Waals surface area contributed by atoms with E-state index in [0.29, 0.717) is 41.3 Å². The molecule has 0 fully saturated rings. The minimum atomic E-state index is -0.0643. The monoisotopic (exact) mass is 523 g/mol. The van der Waals surface area contributed by atoms with Crippen molar-refractivity contribution in [3.05, 3.63) is 57.8 Å². The molecule has 0 aliphatic rings. The van der Waals surface area contributed by atoms with Crippen molar-refractivity contribution >= 4 is 59.0 Å². The lowest BCUT2D eigenvalue weighted by Crippen LogP contribution is -2.38. The number of amides is 1. The van der Waals surface area contributed by atoms with Crippen molar-refractivity contribution in [3.63, 3.8) is 0 Å². The number of guanidine groups is 1. The van der Waals surface area contributed by atoms with Gasteiger partial charge in [0.25, 0.3) is 5.91 Å². The van der Waals surface area contributed by atoms with Crippen molar-refractivity contribution in [1.29, 1.82) is 0 Å². The minimum absolute atomic E-state index is 0. The fourth-order valence-electron chi connectivity index (χ4n) is 2.34. The molecule has 0 atom stereocenters. The fourth-order valence-corrected chi connectivity index (χ4v) is 2.76. The third-order valence-electron chi connectivity index (χ3n) is 3.84. The highest BCUT2D eigenvalue weighted by molar-refractivity contribution is 14.0. The number of aliphatic imine (C=N–C) groups is 1. The van der Waals surface area contributed by atoms with E-state index in [1.165, 1.54) is 0 Å². The topological polar surface area (TPSA) is 70.4 Å². The van der Waals surface area contributed by atoms with Crippen LogP contribution in [0.1, 0.15) is 22.5 Å². The van der Waals surface area contributed by atoms with Crippen LogP contribution in [0, 0.1) is 0 Å². The van der Waals surface area contributed by atoms with E-state index < -0.39 is 0 Å². The third-order valence-corrected chi connectivity index (χ3v) is 4.69. The number of halogens is 3. The second kappa shape index (κ2) is 12.1. The summed E-state index contributed by atoms with van der Waals surface area (Å²) in [5.41, 5.74) is 1.62. The molecule has 0 aliphatic heterocycles. The van der Waals surface area contributed by atoms with Crippen LogP contribution in [0.2, 0.25) is 10.2 Å². The van der Waals surface area contributed by atoms with Crippen molar-refractivity contribution in [2.24, 2.45) is 12.0 Å². The van der Waals surface area contributed by atoms with Crippen LogP contribution in [-0.2, 0) is 13.6 Å². The Kier molecular flexibility index (Phi) is 10.6. The van der Waals surface area contributed by atoms with E-state index in [9.17, 15) is 4.79 Å². The molecule has 0 spiro atoms. The third kappa shape index (κ3) is 7.23. The summed E-state index contributed by atoms with van der Waals surface area (Å²) in [6.07, 6.45) is 0.779. The number of nitrogens with one attached hydrogen (secondary N) is 3. The molecule has 1 amide bonds. The summed E-state index contributed by atoms with van der Waals surface area (Å²) in [5.74, 6) is 0.610. The maximum Gasteiger partial charge on any atom is 0.251 e.